The summed E-state index contributed by atoms with van der Waals surface area (Å²) in [6.07, 6.45) is 8.81. The lowest BCUT2D eigenvalue weighted by molar-refractivity contribution is -0.121. The molecule has 0 aromatic carbocycles. The standard InChI is InChI=1S/C16H31N3O2/c17-14-4-6-15(7-5-14)21-13-3-9-18-16(20)8-12-19-10-1-2-11-19/h14-15H,1-13,17H2,(H,18,20). The van der Waals surface area contributed by atoms with Crippen LogP contribution in [0.3, 0.4) is 0 Å². The summed E-state index contributed by atoms with van der Waals surface area (Å²) in [5.74, 6) is 0.172. The van der Waals surface area contributed by atoms with E-state index in [9.17, 15) is 4.79 Å². The van der Waals surface area contributed by atoms with E-state index in [2.05, 4.69) is 10.2 Å². The SMILES string of the molecule is NC1CCC(OCCCNC(=O)CCN2CCCC2)CC1. The number of nitrogens with zero attached hydrogens (tertiary/aromatic N) is 1. The summed E-state index contributed by atoms with van der Waals surface area (Å²) in [5, 5.41) is 2.99. The topological polar surface area (TPSA) is 67.6 Å². The zero-order valence-electron chi connectivity index (χ0n) is 13.2. The molecule has 1 heterocycles. The Morgan fingerprint density at radius 2 is 1.90 bits per heavy atom. The quantitative estimate of drug-likeness (QED) is 0.662. The number of ether oxygens (including phenoxy) is 1. The van der Waals surface area contributed by atoms with E-state index in [-0.39, 0.29) is 5.91 Å². The molecule has 2 rings (SSSR count). The van der Waals surface area contributed by atoms with Crippen LogP contribution in [0.15, 0.2) is 0 Å². The van der Waals surface area contributed by atoms with Gasteiger partial charge in [-0.05, 0) is 58.0 Å². The normalized spacial score (nSPS) is 26.9. The Hall–Kier alpha value is -0.650. The Labute approximate surface area is 128 Å². The molecule has 5 heteroatoms. The average molecular weight is 297 g/mol. The zero-order valence-corrected chi connectivity index (χ0v) is 13.2. The molecule has 1 amide bonds. The van der Waals surface area contributed by atoms with E-state index in [1.54, 1.807) is 0 Å². The first kappa shape index (κ1) is 16.7. The summed E-state index contributed by atoms with van der Waals surface area (Å²) in [6.45, 7) is 4.69. The molecule has 0 unspecified atom stereocenters. The smallest absolute Gasteiger partial charge is 0.221 e. The molecule has 1 saturated carbocycles. The van der Waals surface area contributed by atoms with Crippen molar-refractivity contribution >= 4 is 5.91 Å². The van der Waals surface area contributed by atoms with Crippen LogP contribution in [-0.4, -0.2) is 55.7 Å². The van der Waals surface area contributed by atoms with Crippen molar-refractivity contribution in [3.05, 3.63) is 0 Å². The van der Waals surface area contributed by atoms with E-state index in [4.69, 9.17) is 10.5 Å². The second-order valence-corrected chi connectivity index (χ2v) is 6.41. The van der Waals surface area contributed by atoms with Crippen LogP contribution >= 0.6 is 0 Å². The molecule has 0 radical (unpaired) electrons. The molecule has 2 aliphatic rings. The predicted octanol–water partition coefficient (Wildman–Crippen LogP) is 1.27. The van der Waals surface area contributed by atoms with Crippen molar-refractivity contribution in [2.75, 3.05) is 32.8 Å². The highest BCUT2D eigenvalue weighted by Gasteiger charge is 2.18. The van der Waals surface area contributed by atoms with Crippen molar-refractivity contribution in [1.82, 2.24) is 10.2 Å². The maximum atomic E-state index is 11.7. The lowest BCUT2D eigenvalue weighted by atomic mass is 9.94. The Bertz CT molecular complexity index is 298. The molecule has 5 nitrogen and oxygen atoms in total. The third-order valence-corrected chi connectivity index (χ3v) is 4.57. The number of carbonyl (C=O) groups is 1. The van der Waals surface area contributed by atoms with Gasteiger partial charge in [0, 0.05) is 32.2 Å². The molecule has 0 bridgehead atoms. The van der Waals surface area contributed by atoms with Gasteiger partial charge in [-0.25, -0.2) is 0 Å². The Balaban J connectivity index is 1.41. The van der Waals surface area contributed by atoms with Gasteiger partial charge in [-0.1, -0.05) is 0 Å². The number of hydrogen-bond donors (Lipinski definition) is 2. The molecule has 122 valence electrons. The Morgan fingerprint density at radius 3 is 2.62 bits per heavy atom. The van der Waals surface area contributed by atoms with Gasteiger partial charge in [0.1, 0.15) is 0 Å². The van der Waals surface area contributed by atoms with Gasteiger partial charge in [0.15, 0.2) is 0 Å². The number of nitrogens with two attached hydrogens (primary N) is 1. The monoisotopic (exact) mass is 297 g/mol. The van der Waals surface area contributed by atoms with Crippen LogP contribution < -0.4 is 11.1 Å². The molecule has 0 aromatic rings. The maximum Gasteiger partial charge on any atom is 0.221 e. The van der Waals surface area contributed by atoms with Crippen molar-refractivity contribution in [1.29, 1.82) is 0 Å². The molecule has 1 aliphatic heterocycles. The largest absolute Gasteiger partial charge is 0.378 e. The van der Waals surface area contributed by atoms with Gasteiger partial charge >= 0.3 is 0 Å². The molecule has 2 fully saturated rings. The maximum absolute atomic E-state index is 11.7. The molecule has 3 N–H and O–H groups in total. The average Bonchev–Trinajstić information content (AvgIpc) is 3.00. The molecule has 21 heavy (non-hydrogen) atoms. The minimum atomic E-state index is 0.172. The van der Waals surface area contributed by atoms with Crippen LogP contribution in [0, 0.1) is 0 Å². The number of nitrogens with one attached hydrogen (secondary N) is 1. The van der Waals surface area contributed by atoms with Crippen molar-refractivity contribution in [3.63, 3.8) is 0 Å². The van der Waals surface area contributed by atoms with Gasteiger partial charge in [-0.15, -0.1) is 0 Å². The minimum Gasteiger partial charge on any atom is -0.378 e. The second kappa shape index (κ2) is 9.38. The third-order valence-electron chi connectivity index (χ3n) is 4.57. The number of carbonyl (C=O) groups excluding carboxylic acids is 1. The van der Waals surface area contributed by atoms with Crippen molar-refractivity contribution in [3.8, 4) is 0 Å². The van der Waals surface area contributed by atoms with Gasteiger partial charge in [0.05, 0.1) is 6.10 Å². The first-order chi connectivity index (χ1) is 10.2. The van der Waals surface area contributed by atoms with Crippen LogP contribution in [0.25, 0.3) is 0 Å². The first-order valence-electron chi connectivity index (χ1n) is 8.60. The molecular weight excluding hydrogens is 266 g/mol. The lowest BCUT2D eigenvalue weighted by Crippen LogP contribution is -2.32. The molecule has 1 saturated heterocycles. The third kappa shape index (κ3) is 6.76. The molecule has 0 spiro atoms. The fraction of sp³-hybridized carbons (Fsp3) is 0.938. The fourth-order valence-corrected chi connectivity index (χ4v) is 3.16. The molecule has 1 aliphatic carbocycles. The zero-order chi connectivity index (χ0) is 14.9. The number of amides is 1. The Kier molecular flexibility index (Phi) is 7.47. The van der Waals surface area contributed by atoms with Gasteiger partial charge in [-0.3, -0.25) is 4.79 Å². The van der Waals surface area contributed by atoms with E-state index in [0.717, 1.165) is 64.9 Å². The van der Waals surface area contributed by atoms with Crippen molar-refractivity contribution < 1.29 is 9.53 Å². The summed E-state index contributed by atoms with van der Waals surface area (Å²) in [7, 11) is 0. The Morgan fingerprint density at radius 1 is 1.19 bits per heavy atom. The summed E-state index contributed by atoms with van der Waals surface area (Å²) >= 11 is 0. The molecular formula is C16H31N3O2. The predicted molar refractivity (Wildman–Crippen MR) is 84.1 cm³/mol. The van der Waals surface area contributed by atoms with Crippen LogP contribution in [0.4, 0.5) is 0 Å². The summed E-state index contributed by atoms with van der Waals surface area (Å²) in [5.41, 5.74) is 5.87. The number of hydrogen-bond acceptors (Lipinski definition) is 4. The highest BCUT2D eigenvalue weighted by atomic mass is 16.5. The van der Waals surface area contributed by atoms with Gasteiger partial charge in [0.2, 0.25) is 5.91 Å². The van der Waals surface area contributed by atoms with E-state index >= 15 is 0 Å². The van der Waals surface area contributed by atoms with Crippen molar-refractivity contribution in [2.45, 2.75) is 63.5 Å². The van der Waals surface area contributed by atoms with Crippen molar-refractivity contribution in [2.24, 2.45) is 5.73 Å². The van der Waals surface area contributed by atoms with Crippen LogP contribution in [0.5, 0.6) is 0 Å². The molecule has 0 aromatic heterocycles. The summed E-state index contributed by atoms with van der Waals surface area (Å²) in [4.78, 5) is 14.1. The van der Waals surface area contributed by atoms with E-state index in [1.807, 2.05) is 0 Å². The van der Waals surface area contributed by atoms with Crippen LogP contribution in [-0.2, 0) is 9.53 Å². The summed E-state index contributed by atoms with van der Waals surface area (Å²) in [6, 6.07) is 0.375. The minimum absolute atomic E-state index is 0.172. The lowest BCUT2D eigenvalue weighted by Gasteiger charge is -2.26. The van der Waals surface area contributed by atoms with Crippen LogP contribution in [0.2, 0.25) is 0 Å². The van der Waals surface area contributed by atoms with E-state index in [0.29, 0.717) is 18.6 Å². The fourth-order valence-electron chi connectivity index (χ4n) is 3.16. The van der Waals surface area contributed by atoms with Gasteiger partial charge in [-0.2, -0.15) is 0 Å². The van der Waals surface area contributed by atoms with Gasteiger partial charge in [0.25, 0.3) is 0 Å². The second-order valence-electron chi connectivity index (χ2n) is 6.41. The van der Waals surface area contributed by atoms with E-state index in [1.165, 1.54) is 12.8 Å². The highest BCUT2D eigenvalue weighted by Crippen LogP contribution is 2.19. The first-order valence-corrected chi connectivity index (χ1v) is 8.60. The summed E-state index contributed by atoms with van der Waals surface area (Å²) < 4.78 is 5.84. The number of likely N-dealkylation sites (tertiary alicyclic amines) is 1. The van der Waals surface area contributed by atoms with E-state index < -0.39 is 0 Å². The highest BCUT2D eigenvalue weighted by molar-refractivity contribution is 5.75. The van der Waals surface area contributed by atoms with Gasteiger partial charge < -0.3 is 20.7 Å². The van der Waals surface area contributed by atoms with Crippen LogP contribution in [0.1, 0.15) is 51.4 Å². The molecule has 0 atom stereocenters. The number of rotatable bonds is 8.